The van der Waals surface area contributed by atoms with E-state index in [1.54, 1.807) is 0 Å². The number of allylic oxidation sites excluding steroid dienone is 2. The molecule has 0 saturated heterocycles. The van der Waals surface area contributed by atoms with E-state index in [1.165, 1.54) is 0 Å². The van der Waals surface area contributed by atoms with Crippen molar-refractivity contribution in [2.24, 2.45) is 0 Å². The Morgan fingerprint density at radius 1 is 1.50 bits per heavy atom. The molecule has 3 heteroatoms. The molecule has 60 valence electrons. The topological polar surface area (TPSA) is 9.23 Å². The van der Waals surface area contributed by atoms with Crippen molar-refractivity contribution in [3.05, 3.63) is 11.8 Å². The van der Waals surface area contributed by atoms with Gasteiger partial charge in [0.2, 0.25) is 8.32 Å². The van der Waals surface area contributed by atoms with E-state index >= 15 is 0 Å². The van der Waals surface area contributed by atoms with Crippen LogP contribution in [0.5, 0.6) is 0 Å². The van der Waals surface area contributed by atoms with Gasteiger partial charge < -0.3 is 4.43 Å². The number of hydrogen-bond acceptors (Lipinski definition) is 1. The highest BCUT2D eigenvalue weighted by atomic mass is 79.9. The SMILES string of the molecule is C/C(=C\CBr)O[Si](C)(C)C. The Kier molecular flexibility index (Phi) is 4.28. The lowest BCUT2D eigenvalue weighted by atomic mass is 10.5. The third kappa shape index (κ3) is 6.36. The number of halogens is 1. The van der Waals surface area contributed by atoms with E-state index in [4.69, 9.17) is 4.43 Å². The summed E-state index contributed by atoms with van der Waals surface area (Å²) >= 11 is 3.32. The second kappa shape index (κ2) is 4.19. The van der Waals surface area contributed by atoms with Crippen LogP contribution in [0.25, 0.3) is 0 Å². The fourth-order valence-electron chi connectivity index (χ4n) is 0.633. The first kappa shape index (κ1) is 10.2. The van der Waals surface area contributed by atoms with Crippen LogP contribution in [-0.2, 0) is 4.43 Å². The van der Waals surface area contributed by atoms with E-state index in [1.807, 2.05) is 13.0 Å². The van der Waals surface area contributed by atoms with Crippen LogP contribution in [0.15, 0.2) is 11.8 Å². The molecule has 0 N–H and O–H groups in total. The molecule has 10 heavy (non-hydrogen) atoms. The van der Waals surface area contributed by atoms with E-state index in [2.05, 4.69) is 35.6 Å². The molecule has 0 aromatic heterocycles. The highest BCUT2D eigenvalue weighted by molar-refractivity contribution is 9.09. The molecule has 0 unspecified atom stereocenters. The fraction of sp³-hybridized carbons (Fsp3) is 0.714. The average Bonchev–Trinajstić information content (AvgIpc) is 1.59. The summed E-state index contributed by atoms with van der Waals surface area (Å²) in [6.45, 7) is 8.54. The lowest BCUT2D eigenvalue weighted by molar-refractivity contribution is 0.423. The Labute approximate surface area is 72.7 Å². The van der Waals surface area contributed by atoms with Crippen molar-refractivity contribution in [3.8, 4) is 0 Å². The van der Waals surface area contributed by atoms with Crippen LogP contribution in [0.3, 0.4) is 0 Å². The lowest BCUT2D eigenvalue weighted by Gasteiger charge is -2.19. The Balaban J connectivity index is 3.79. The molecule has 0 saturated carbocycles. The molecule has 0 amide bonds. The summed E-state index contributed by atoms with van der Waals surface area (Å²) in [4.78, 5) is 0. The van der Waals surface area contributed by atoms with Gasteiger partial charge in [-0.3, -0.25) is 0 Å². The summed E-state index contributed by atoms with van der Waals surface area (Å²) in [5.41, 5.74) is 0. The van der Waals surface area contributed by atoms with E-state index in [9.17, 15) is 0 Å². The summed E-state index contributed by atoms with van der Waals surface area (Å²) in [7, 11) is -1.35. The predicted octanol–water partition coefficient (Wildman–Crippen LogP) is 3.14. The summed E-state index contributed by atoms with van der Waals surface area (Å²) in [5, 5.41) is 0.878. The Morgan fingerprint density at radius 3 is 2.30 bits per heavy atom. The van der Waals surface area contributed by atoms with E-state index in [-0.39, 0.29) is 0 Å². The number of alkyl halides is 1. The van der Waals surface area contributed by atoms with Crippen molar-refractivity contribution in [2.45, 2.75) is 26.6 Å². The minimum Gasteiger partial charge on any atom is -0.548 e. The highest BCUT2D eigenvalue weighted by Gasteiger charge is 2.15. The maximum atomic E-state index is 5.65. The van der Waals surface area contributed by atoms with Gasteiger partial charge in [0, 0.05) is 5.33 Å². The second-order valence-corrected chi connectivity index (χ2v) is 8.26. The fourth-order valence-corrected chi connectivity index (χ4v) is 2.14. The van der Waals surface area contributed by atoms with Gasteiger partial charge in [0.15, 0.2) is 0 Å². The first-order valence-electron chi connectivity index (χ1n) is 3.37. The molecule has 0 aromatic carbocycles. The molecule has 0 bridgehead atoms. The zero-order chi connectivity index (χ0) is 8.20. The van der Waals surface area contributed by atoms with E-state index in [0.717, 1.165) is 11.1 Å². The zero-order valence-corrected chi connectivity index (χ0v) is 9.66. The molecule has 0 rings (SSSR count). The van der Waals surface area contributed by atoms with Crippen LogP contribution < -0.4 is 0 Å². The molecule has 0 spiro atoms. The van der Waals surface area contributed by atoms with Crippen LogP contribution in [-0.4, -0.2) is 13.6 Å². The van der Waals surface area contributed by atoms with Crippen LogP contribution in [0.4, 0.5) is 0 Å². The van der Waals surface area contributed by atoms with Gasteiger partial charge in [0.05, 0.1) is 5.76 Å². The zero-order valence-electron chi connectivity index (χ0n) is 7.07. The second-order valence-electron chi connectivity index (χ2n) is 3.18. The molecule has 0 aliphatic carbocycles. The smallest absolute Gasteiger partial charge is 0.241 e. The molecule has 0 aromatic rings. The molecule has 0 atom stereocenters. The molecule has 0 radical (unpaired) electrons. The standard InChI is InChI=1S/C7H15BrOSi/c1-7(5-6-8)9-10(2,3)4/h5H,6H2,1-4H3/b7-5+. The normalized spacial score (nSPS) is 13.5. The van der Waals surface area contributed by atoms with Gasteiger partial charge >= 0.3 is 0 Å². The lowest BCUT2D eigenvalue weighted by Crippen LogP contribution is -2.24. The number of rotatable bonds is 3. The molecular formula is C7H15BrOSi. The third-order valence-electron chi connectivity index (χ3n) is 0.832. The molecular weight excluding hydrogens is 208 g/mol. The van der Waals surface area contributed by atoms with Gasteiger partial charge in [-0.2, -0.15) is 0 Å². The van der Waals surface area contributed by atoms with Crippen molar-refractivity contribution in [3.63, 3.8) is 0 Å². The summed E-state index contributed by atoms with van der Waals surface area (Å²) in [6.07, 6.45) is 2.04. The van der Waals surface area contributed by atoms with Crippen molar-refractivity contribution >= 4 is 24.2 Å². The first-order valence-corrected chi connectivity index (χ1v) is 7.90. The quantitative estimate of drug-likeness (QED) is 0.405. The van der Waals surface area contributed by atoms with Gasteiger partial charge in [-0.1, -0.05) is 15.9 Å². The van der Waals surface area contributed by atoms with Crippen molar-refractivity contribution in [2.75, 3.05) is 5.33 Å². The van der Waals surface area contributed by atoms with Crippen molar-refractivity contribution < 1.29 is 4.43 Å². The summed E-state index contributed by atoms with van der Waals surface area (Å²) in [5.74, 6) is 1.04. The van der Waals surface area contributed by atoms with Crippen LogP contribution in [0.2, 0.25) is 19.6 Å². The molecule has 0 aliphatic heterocycles. The molecule has 0 aliphatic rings. The molecule has 1 nitrogen and oxygen atoms in total. The number of hydrogen-bond donors (Lipinski definition) is 0. The third-order valence-corrected chi connectivity index (χ3v) is 2.09. The van der Waals surface area contributed by atoms with Gasteiger partial charge in [-0.05, 0) is 32.6 Å². The van der Waals surface area contributed by atoms with Gasteiger partial charge in [-0.15, -0.1) is 0 Å². The minimum absolute atomic E-state index is 0.878. The minimum atomic E-state index is -1.35. The maximum Gasteiger partial charge on any atom is 0.241 e. The van der Waals surface area contributed by atoms with Crippen LogP contribution in [0.1, 0.15) is 6.92 Å². The Bertz CT molecular complexity index is 126. The van der Waals surface area contributed by atoms with Crippen LogP contribution in [0, 0.1) is 0 Å². The summed E-state index contributed by atoms with van der Waals surface area (Å²) in [6, 6.07) is 0. The van der Waals surface area contributed by atoms with Gasteiger partial charge in [0.25, 0.3) is 0 Å². The van der Waals surface area contributed by atoms with Gasteiger partial charge in [0.1, 0.15) is 0 Å². The predicted molar refractivity (Wildman–Crippen MR) is 52.0 cm³/mol. The molecule has 0 heterocycles. The average molecular weight is 223 g/mol. The monoisotopic (exact) mass is 222 g/mol. The van der Waals surface area contributed by atoms with Crippen molar-refractivity contribution in [1.29, 1.82) is 0 Å². The largest absolute Gasteiger partial charge is 0.548 e. The van der Waals surface area contributed by atoms with Crippen molar-refractivity contribution in [1.82, 2.24) is 0 Å². The van der Waals surface area contributed by atoms with E-state index < -0.39 is 8.32 Å². The Hall–Kier alpha value is 0.237. The first-order chi connectivity index (χ1) is 4.45. The van der Waals surface area contributed by atoms with Crippen LogP contribution >= 0.6 is 15.9 Å². The maximum absolute atomic E-state index is 5.65. The summed E-state index contributed by atoms with van der Waals surface area (Å²) < 4.78 is 5.65. The molecule has 0 fully saturated rings. The van der Waals surface area contributed by atoms with E-state index in [0.29, 0.717) is 0 Å². The van der Waals surface area contributed by atoms with Gasteiger partial charge in [-0.25, -0.2) is 0 Å². The highest BCUT2D eigenvalue weighted by Crippen LogP contribution is 2.09. The Morgan fingerprint density at radius 2 is 2.00 bits per heavy atom.